The Bertz CT molecular complexity index is 645. The predicted octanol–water partition coefficient (Wildman–Crippen LogP) is 5.33. The van der Waals surface area contributed by atoms with E-state index in [2.05, 4.69) is 17.4 Å². The summed E-state index contributed by atoms with van der Waals surface area (Å²) in [6.45, 7) is 1.23. The molecule has 2 nitrogen and oxygen atoms in total. The summed E-state index contributed by atoms with van der Waals surface area (Å²) in [5.74, 6) is 0. The second-order valence-corrected chi connectivity index (χ2v) is 5.88. The van der Waals surface area contributed by atoms with Gasteiger partial charge in [0.25, 0.3) is 0 Å². The monoisotopic (exact) mass is 327 g/mol. The zero-order valence-electron chi connectivity index (χ0n) is 10.5. The molecule has 1 aliphatic rings. The molecule has 0 saturated heterocycles. The number of nitrogens with one attached hydrogen (secondary N) is 1. The van der Waals surface area contributed by atoms with Crippen LogP contribution in [0.3, 0.4) is 0 Å². The van der Waals surface area contributed by atoms with E-state index in [0.717, 1.165) is 5.69 Å². The van der Waals surface area contributed by atoms with Crippen LogP contribution in [0.2, 0.25) is 15.1 Å². The Balaban J connectivity index is 1.91. The molecule has 0 saturated carbocycles. The van der Waals surface area contributed by atoms with Crippen LogP contribution < -0.4 is 5.32 Å². The van der Waals surface area contributed by atoms with E-state index in [1.165, 1.54) is 11.1 Å². The lowest BCUT2D eigenvalue weighted by atomic mass is 9.99. The zero-order valence-corrected chi connectivity index (χ0v) is 12.8. The number of halogens is 3. The van der Waals surface area contributed by atoms with Gasteiger partial charge in [-0.3, -0.25) is 0 Å². The smallest absolute Gasteiger partial charge is 0.0751 e. The van der Waals surface area contributed by atoms with Crippen LogP contribution in [0.4, 0.5) is 5.69 Å². The molecule has 0 radical (unpaired) electrons. The Labute approximate surface area is 132 Å². The summed E-state index contributed by atoms with van der Waals surface area (Å²) < 4.78 is 5.61. The molecule has 3 rings (SSSR count). The quantitative estimate of drug-likeness (QED) is 0.752. The van der Waals surface area contributed by atoms with Crippen molar-refractivity contribution in [2.24, 2.45) is 0 Å². The van der Waals surface area contributed by atoms with Gasteiger partial charge in [0.05, 0.1) is 40.0 Å². The highest BCUT2D eigenvalue weighted by atomic mass is 35.5. The molecule has 1 atom stereocenters. The molecule has 0 aromatic heterocycles. The first kappa shape index (κ1) is 14.0. The van der Waals surface area contributed by atoms with E-state index in [1.54, 1.807) is 12.1 Å². The number of fused-ring (bicyclic) bond motifs is 1. The maximum Gasteiger partial charge on any atom is 0.0751 e. The lowest BCUT2D eigenvalue weighted by Crippen LogP contribution is -2.23. The summed E-state index contributed by atoms with van der Waals surface area (Å²) in [6.07, 6.45) is 0. The summed E-state index contributed by atoms with van der Waals surface area (Å²) in [7, 11) is 0. The average molecular weight is 329 g/mol. The maximum absolute atomic E-state index is 6.20. The Kier molecular flexibility index (Phi) is 4.08. The summed E-state index contributed by atoms with van der Waals surface area (Å²) >= 11 is 18.2. The molecular formula is C15H12Cl3NO. The molecule has 0 fully saturated rings. The standard InChI is InChI=1S/C15H12Cl3NO/c16-11-5-13(18)14(6-12(11)17)19-15-8-20-7-9-3-1-2-4-10(9)15/h1-6,15,19H,7-8H2. The van der Waals surface area contributed by atoms with Crippen molar-refractivity contribution in [1.29, 1.82) is 0 Å². The average Bonchev–Trinajstić information content (AvgIpc) is 2.45. The molecule has 2 aromatic rings. The van der Waals surface area contributed by atoms with Crippen molar-refractivity contribution in [1.82, 2.24) is 0 Å². The third-order valence-corrected chi connectivity index (χ3v) is 4.35. The Morgan fingerprint density at radius 1 is 1.00 bits per heavy atom. The van der Waals surface area contributed by atoms with Crippen LogP contribution in [0, 0.1) is 0 Å². The highest BCUT2D eigenvalue weighted by Gasteiger charge is 2.21. The number of benzene rings is 2. The molecule has 1 aliphatic heterocycles. The van der Waals surface area contributed by atoms with Gasteiger partial charge in [0.15, 0.2) is 0 Å². The van der Waals surface area contributed by atoms with E-state index in [1.807, 2.05) is 12.1 Å². The van der Waals surface area contributed by atoms with Crippen LogP contribution in [-0.2, 0) is 11.3 Å². The largest absolute Gasteiger partial charge is 0.375 e. The first-order chi connectivity index (χ1) is 9.65. The topological polar surface area (TPSA) is 21.3 Å². The normalized spacial score (nSPS) is 17.6. The van der Waals surface area contributed by atoms with Gasteiger partial charge in [0, 0.05) is 0 Å². The second-order valence-electron chi connectivity index (χ2n) is 4.66. The van der Waals surface area contributed by atoms with E-state index in [0.29, 0.717) is 28.3 Å². The van der Waals surface area contributed by atoms with Gasteiger partial charge in [-0.2, -0.15) is 0 Å². The van der Waals surface area contributed by atoms with Gasteiger partial charge in [-0.15, -0.1) is 0 Å². The first-order valence-electron chi connectivity index (χ1n) is 6.22. The van der Waals surface area contributed by atoms with E-state index in [9.17, 15) is 0 Å². The van der Waals surface area contributed by atoms with Gasteiger partial charge in [-0.25, -0.2) is 0 Å². The fraction of sp³-hybridized carbons (Fsp3) is 0.200. The van der Waals surface area contributed by atoms with Crippen LogP contribution >= 0.6 is 34.8 Å². The number of ether oxygens (including phenoxy) is 1. The van der Waals surface area contributed by atoms with E-state index in [-0.39, 0.29) is 6.04 Å². The van der Waals surface area contributed by atoms with Gasteiger partial charge < -0.3 is 10.1 Å². The molecule has 0 aliphatic carbocycles. The minimum absolute atomic E-state index is 0.0506. The van der Waals surface area contributed by atoms with Gasteiger partial charge in [0.1, 0.15) is 0 Å². The van der Waals surface area contributed by atoms with Crippen LogP contribution in [0.25, 0.3) is 0 Å². The number of hydrogen-bond donors (Lipinski definition) is 1. The fourth-order valence-corrected chi connectivity index (χ4v) is 2.92. The third kappa shape index (κ3) is 2.75. The highest BCUT2D eigenvalue weighted by Crippen LogP contribution is 2.35. The van der Waals surface area contributed by atoms with Crippen molar-refractivity contribution in [2.45, 2.75) is 12.6 Å². The lowest BCUT2D eigenvalue weighted by Gasteiger charge is -2.27. The molecule has 104 valence electrons. The fourth-order valence-electron chi connectivity index (χ4n) is 2.32. The Hall–Kier alpha value is -0.930. The van der Waals surface area contributed by atoms with E-state index < -0.39 is 0 Å². The van der Waals surface area contributed by atoms with Crippen LogP contribution in [0.15, 0.2) is 36.4 Å². The highest BCUT2D eigenvalue weighted by molar-refractivity contribution is 6.44. The van der Waals surface area contributed by atoms with Crippen molar-refractivity contribution < 1.29 is 4.74 Å². The second kappa shape index (κ2) is 5.82. The van der Waals surface area contributed by atoms with Crippen LogP contribution in [-0.4, -0.2) is 6.61 Å². The van der Waals surface area contributed by atoms with Crippen molar-refractivity contribution >= 4 is 40.5 Å². The summed E-state index contributed by atoms with van der Waals surface area (Å²) in [5.41, 5.74) is 3.17. The Morgan fingerprint density at radius 3 is 2.60 bits per heavy atom. The molecule has 1 heterocycles. The van der Waals surface area contributed by atoms with Crippen LogP contribution in [0.1, 0.15) is 17.2 Å². The van der Waals surface area contributed by atoms with Gasteiger partial charge in [-0.1, -0.05) is 59.1 Å². The number of rotatable bonds is 2. The van der Waals surface area contributed by atoms with Gasteiger partial charge in [0.2, 0.25) is 0 Å². The molecule has 0 spiro atoms. The molecule has 5 heteroatoms. The molecule has 0 amide bonds. The minimum Gasteiger partial charge on any atom is -0.375 e. The number of hydrogen-bond acceptors (Lipinski definition) is 2. The molecule has 1 unspecified atom stereocenters. The predicted molar refractivity (Wildman–Crippen MR) is 83.9 cm³/mol. The zero-order chi connectivity index (χ0) is 14.1. The lowest BCUT2D eigenvalue weighted by molar-refractivity contribution is 0.0970. The minimum atomic E-state index is 0.0506. The van der Waals surface area contributed by atoms with Crippen molar-refractivity contribution in [3.8, 4) is 0 Å². The maximum atomic E-state index is 6.20. The first-order valence-corrected chi connectivity index (χ1v) is 7.35. The third-order valence-electron chi connectivity index (χ3n) is 3.31. The van der Waals surface area contributed by atoms with Gasteiger partial charge >= 0.3 is 0 Å². The molecule has 0 bridgehead atoms. The summed E-state index contributed by atoms with van der Waals surface area (Å²) in [4.78, 5) is 0. The molecular weight excluding hydrogens is 317 g/mol. The molecule has 1 N–H and O–H groups in total. The summed E-state index contributed by atoms with van der Waals surface area (Å²) in [5, 5.41) is 4.84. The summed E-state index contributed by atoms with van der Waals surface area (Å²) in [6, 6.07) is 11.6. The number of anilines is 1. The Morgan fingerprint density at radius 2 is 1.75 bits per heavy atom. The van der Waals surface area contributed by atoms with E-state index in [4.69, 9.17) is 39.5 Å². The SMILES string of the molecule is Clc1cc(Cl)c(NC2COCc3ccccc32)cc1Cl. The molecule has 20 heavy (non-hydrogen) atoms. The van der Waals surface area contributed by atoms with Crippen molar-refractivity contribution in [3.63, 3.8) is 0 Å². The van der Waals surface area contributed by atoms with Gasteiger partial charge in [-0.05, 0) is 23.3 Å². The van der Waals surface area contributed by atoms with E-state index >= 15 is 0 Å². The van der Waals surface area contributed by atoms with Crippen LogP contribution in [0.5, 0.6) is 0 Å². The van der Waals surface area contributed by atoms with Crippen molar-refractivity contribution in [2.75, 3.05) is 11.9 Å². The molecule has 2 aromatic carbocycles. The van der Waals surface area contributed by atoms with Crippen molar-refractivity contribution in [3.05, 3.63) is 62.6 Å².